The third kappa shape index (κ3) is 7.08. The number of carbonyl (C=O) groups is 1. The molecular weight excluding hydrogens is 146 g/mol. The third-order valence-corrected chi connectivity index (χ3v) is 0.805. The van der Waals surface area contributed by atoms with Crippen LogP contribution in [0.2, 0.25) is 0 Å². The molecule has 0 radical (unpaired) electrons. The van der Waals surface area contributed by atoms with Crippen molar-refractivity contribution >= 4 is 6.03 Å². The fourth-order valence-corrected chi connectivity index (χ4v) is 0.467. The second kappa shape index (κ2) is 5.94. The highest BCUT2D eigenvalue weighted by atomic mass is 16.7. The van der Waals surface area contributed by atoms with E-state index in [2.05, 4.69) is 15.6 Å². The van der Waals surface area contributed by atoms with Gasteiger partial charge in [0.2, 0.25) is 0 Å². The van der Waals surface area contributed by atoms with Gasteiger partial charge in [0.15, 0.2) is 0 Å². The zero-order valence-corrected chi connectivity index (χ0v) is 6.89. The van der Waals surface area contributed by atoms with Crippen molar-refractivity contribution in [3.05, 3.63) is 0 Å². The number of carbonyl (C=O) groups excluding carboxylic acids is 1. The monoisotopic (exact) mass is 161 g/mol. The highest BCUT2D eigenvalue weighted by molar-refractivity contribution is 5.72. The molecular formula is C6H15N3O2. The van der Waals surface area contributed by atoms with E-state index in [0.29, 0.717) is 13.2 Å². The number of hydroxylamine groups is 1. The first kappa shape index (κ1) is 10.2. The van der Waals surface area contributed by atoms with Crippen LogP contribution in [0.4, 0.5) is 4.79 Å². The van der Waals surface area contributed by atoms with Gasteiger partial charge < -0.3 is 11.1 Å². The molecule has 66 valence electrons. The molecule has 0 unspecified atom stereocenters. The van der Waals surface area contributed by atoms with Crippen LogP contribution in [0, 0.1) is 0 Å². The predicted molar refractivity (Wildman–Crippen MR) is 41.8 cm³/mol. The highest BCUT2D eigenvalue weighted by Crippen LogP contribution is 1.75. The summed E-state index contributed by atoms with van der Waals surface area (Å²) in [4.78, 5) is 15.4. The molecule has 0 aliphatic carbocycles. The lowest BCUT2D eigenvalue weighted by Gasteiger charge is -2.08. The van der Waals surface area contributed by atoms with Gasteiger partial charge in [0.1, 0.15) is 0 Å². The van der Waals surface area contributed by atoms with Crippen LogP contribution in [0.1, 0.15) is 13.8 Å². The maximum atomic E-state index is 10.7. The lowest BCUT2D eigenvalue weighted by molar-refractivity contribution is 0.0660. The summed E-state index contributed by atoms with van der Waals surface area (Å²) in [6.07, 6.45) is 0. The Balaban J connectivity index is 3.23. The summed E-state index contributed by atoms with van der Waals surface area (Å²) in [7, 11) is 0. The van der Waals surface area contributed by atoms with Crippen molar-refractivity contribution in [2.24, 2.45) is 5.73 Å². The molecule has 11 heavy (non-hydrogen) atoms. The predicted octanol–water partition coefficient (Wildman–Crippen LogP) is -0.416. The first-order chi connectivity index (χ1) is 5.16. The van der Waals surface area contributed by atoms with E-state index in [4.69, 9.17) is 5.73 Å². The molecule has 0 rings (SSSR count). The number of nitrogens with two attached hydrogens (primary N) is 1. The molecule has 0 aliphatic rings. The first-order valence-electron chi connectivity index (χ1n) is 3.55. The van der Waals surface area contributed by atoms with Crippen LogP contribution in [0.3, 0.4) is 0 Å². The SMILES string of the molecule is CC(C)NC(=O)NOCCN. The molecule has 0 saturated carbocycles. The molecule has 5 nitrogen and oxygen atoms in total. The summed E-state index contributed by atoms with van der Waals surface area (Å²) in [6, 6.07) is -0.232. The average molecular weight is 161 g/mol. The third-order valence-electron chi connectivity index (χ3n) is 0.805. The zero-order valence-electron chi connectivity index (χ0n) is 6.89. The molecule has 4 N–H and O–H groups in total. The Kier molecular flexibility index (Phi) is 5.50. The fraction of sp³-hybridized carbons (Fsp3) is 0.833. The fourth-order valence-electron chi connectivity index (χ4n) is 0.467. The van der Waals surface area contributed by atoms with Crippen molar-refractivity contribution in [1.29, 1.82) is 0 Å². The van der Waals surface area contributed by atoms with Crippen LogP contribution in [0.25, 0.3) is 0 Å². The number of hydrogen-bond acceptors (Lipinski definition) is 3. The molecule has 0 aromatic heterocycles. The van der Waals surface area contributed by atoms with E-state index in [9.17, 15) is 4.79 Å². The van der Waals surface area contributed by atoms with E-state index in [1.165, 1.54) is 0 Å². The Bertz CT molecular complexity index is 116. The van der Waals surface area contributed by atoms with Gasteiger partial charge >= 0.3 is 6.03 Å². The van der Waals surface area contributed by atoms with E-state index in [0.717, 1.165) is 0 Å². The average Bonchev–Trinajstić information content (AvgIpc) is 1.86. The van der Waals surface area contributed by atoms with Gasteiger partial charge in [-0.05, 0) is 13.8 Å². The summed E-state index contributed by atoms with van der Waals surface area (Å²) in [5.74, 6) is 0. The highest BCUT2D eigenvalue weighted by Gasteiger charge is 1.99. The van der Waals surface area contributed by atoms with Gasteiger partial charge in [-0.3, -0.25) is 4.84 Å². The molecule has 5 heteroatoms. The maximum Gasteiger partial charge on any atom is 0.338 e. The van der Waals surface area contributed by atoms with Gasteiger partial charge in [-0.15, -0.1) is 0 Å². The molecule has 0 bridgehead atoms. The van der Waals surface area contributed by atoms with Gasteiger partial charge in [0.25, 0.3) is 0 Å². The van der Waals surface area contributed by atoms with E-state index >= 15 is 0 Å². The van der Waals surface area contributed by atoms with Gasteiger partial charge in [-0.2, -0.15) is 0 Å². The lowest BCUT2D eigenvalue weighted by Crippen LogP contribution is -2.40. The molecule has 0 aromatic carbocycles. The summed E-state index contributed by atoms with van der Waals surface area (Å²) < 4.78 is 0. The lowest BCUT2D eigenvalue weighted by atomic mass is 10.4. The van der Waals surface area contributed by atoms with Crippen molar-refractivity contribution < 1.29 is 9.63 Å². The number of urea groups is 1. The van der Waals surface area contributed by atoms with Crippen molar-refractivity contribution in [2.45, 2.75) is 19.9 Å². The summed E-state index contributed by atoms with van der Waals surface area (Å²) in [5, 5.41) is 2.59. The topological polar surface area (TPSA) is 76.4 Å². The molecule has 0 atom stereocenters. The van der Waals surface area contributed by atoms with Crippen molar-refractivity contribution in [1.82, 2.24) is 10.8 Å². The minimum Gasteiger partial charge on any atom is -0.334 e. The summed E-state index contributed by atoms with van der Waals surface area (Å²) in [6.45, 7) is 4.44. The molecule has 0 aliphatic heterocycles. The maximum absolute atomic E-state index is 10.7. The zero-order chi connectivity index (χ0) is 8.69. The number of amides is 2. The Morgan fingerprint density at radius 1 is 1.64 bits per heavy atom. The number of nitrogens with one attached hydrogen (secondary N) is 2. The van der Waals surface area contributed by atoms with E-state index in [-0.39, 0.29) is 12.1 Å². The minimum atomic E-state index is -0.339. The normalized spacial score (nSPS) is 9.82. The first-order valence-corrected chi connectivity index (χ1v) is 3.55. The van der Waals surface area contributed by atoms with Crippen LogP contribution in [0.5, 0.6) is 0 Å². The van der Waals surface area contributed by atoms with Crippen LogP contribution in [-0.2, 0) is 4.84 Å². The van der Waals surface area contributed by atoms with E-state index in [1.807, 2.05) is 13.8 Å². The molecule has 2 amide bonds. The van der Waals surface area contributed by atoms with Gasteiger partial charge in [0, 0.05) is 12.6 Å². The van der Waals surface area contributed by atoms with Crippen molar-refractivity contribution in [2.75, 3.05) is 13.2 Å². The number of hydrogen-bond donors (Lipinski definition) is 3. The van der Waals surface area contributed by atoms with Crippen LogP contribution < -0.4 is 16.5 Å². The standard InChI is InChI=1S/C6H15N3O2/c1-5(2)8-6(10)9-11-4-3-7/h5H,3-4,7H2,1-2H3,(H2,8,9,10). The van der Waals surface area contributed by atoms with Crippen molar-refractivity contribution in [3.63, 3.8) is 0 Å². The van der Waals surface area contributed by atoms with Crippen molar-refractivity contribution in [3.8, 4) is 0 Å². The number of rotatable bonds is 4. The second-order valence-corrected chi connectivity index (χ2v) is 2.37. The Morgan fingerprint density at radius 2 is 2.27 bits per heavy atom. The van der Waals surface area contributed by atoms with E-state index in [1.54, 1.807) is 0 Å². The van der Waals surface area contributed by atoms with Gasteiger partial charge in [0.05, 0.1) is 6.61 Å². The van der Waals surface area contributed by atoms with Crippen LogP contribution >= 0.6 is 0 Å². The largest absolute Gasteiger partial charge is 0.338 e. The van der Waals surface area contributed by atoms with Crippen LogP contribution in [0.15, 0.2) is 0 Å². The Hall–Kier alpha value is -0.810. The Morgan fingerprint density at radius 3 is 2.73 bits per heavy atom. The quantitative estimate of drug-likeness (QED) is 0.387. The summed E-state index contributed by atoms with van der Waals surface area (Å²) in [5.41, 5.74) is 7.30. The van der Waals surface area contributed by atoms with Crippen LogP contribution in [-0.4, -0.2) is 25.2 Å². The molecule has 0 spiro atoms. The molecule has 0 heterocycles. The van der Waals surface area contributed by atoms with Gasteiger partial charge in [-0.25, -0.2) is 10.3 Å². The summed E-state index contributed by atoms with van der Waals surface area (Å²) >= 11 is 0. The van der Waals surface area contributed by atoms with Gasteiger partial charge in [-0.1, -0.05) is 0 Å². The van der Waals surface area contributed by atoms with E-state index < -0.39 is 0 Å². The molecule has 0 saturated heterocycles. The Labute approximate surface area is 66.2 Å². The molecule has 0 aromatic rings. The molecule has 0 fully saturated rings. The second-order valence-electron chi connectivity index (χ2n) is 2.37. The minimum absolute atomic E-state index is 0.108. The smallest absolute Gasteiger partial charge is 0.334 e.